The summed E-state index contributed by atoms with van der Waals surface area (Å²) in [4.78, 5) is 0. The van der Waals surface area contributed by atoms with Gasteiger partial charge in [-0.2, -0.15) is 0 Å². The third-order valence-electron chi connectivity index (χ3n) is 2.11. The lowest BCUT2D eigenvalue weighted by molar-refractivity contribution is 0.374. The summed E-state index contributed by atoms with van der Waals surface area (Å²) >= 11 is -1.01. The van der Waals surface area contributed by atoms with Gasteiger partial charge in [-0.1, -0.05) is 5.57 Å². The van der Waals surface area contributed by atoms with Crippen molar-refractivity contribution in [3.63, 3.8) is 0 Å². The molecule has 56 valence electrons. The van der Waals surface area contributed by atoms with Gasteiger partial charge in [-0.15, -0.1) is 0 Å². The van der Waals surface area contributed by atoms with Crippen LogP contribution in [0.5, 0.6) is 0 Å². The van der Waals surface area contributed by atoms with Crippen LogP contribution in [-0.4, -0.2) is 16.6 Å². The van der Waals surface area contributed by atoms with Gasteiger partial charge in [0.1, 0.15) is 0 Å². The highest BCUT2D eigenvalue weighted by Gasteiger charge is 2.21. The number of rotatable bonds is 0. The average Bonchev–Trinajstić information content (AvgIpc) is 2.33. The minimum Gasteiger partial charge on any atom is -0.286 e. The summed E-state index contributed by atoms with van der Waals surface area (Å²) in [6.07, 6.45) is 3.57. The molecule has 2 nitrogen and oxygen atoms in total. The van der Waals surface area contributed by atoms with Crippen LogP contribution >= 0.6 is 0 Å². The zero-order valence-electron chi connectivity index (χ0n) is 5.76. The molecule has 3 heteroatoms. The van der Waals surface area contributed by atoms with Gasteiger partial charge < -0.3 is 0 Å². The molecule has 1 atom stereocenters. The van der Waals surface area contributed by atoms with Crippen LogP contribution < -0.4 is 0 Å². The molecule has 0 aromatic rings. The van der Waals surface area contributed by atoms with Gasteiger partial charge in [0.25, 0.3) is 0 Å². The lowest BCUT2D eigenvalue weighted by atomic mass is 10.2. The molecule has 0 radical (unpaired) electrons. The summed E-state index contributed by atoms with van der Waals surface area (Å²) in [5, 5.41) is 0. The predicted molar refractivity (Wildman–Crippen MR) is 39.8 cm³/mol. The van der Waals surface area contributed by atoms with Crippen LogP contribution in [0.15, 0.2) is 11.1 Å². The van der Waals surface area contributed by atoms with Crippen molar-refractivity contribution in [2.75, 3.05) is 12.4 Å². The van der Waals surface area contributed by atoms with Crippen molar-refractivity contribution in [1.29, 1.82) is 0 Å². The molecule has 0 saturated carbocycles. The molecule has 2 rings (SSSR count). The Hall–Kier alpha value is -0.150. The van der Waals surface area contributed by atoms with Crippen LogP contribution in [0.2, 0.25) is 0 Å². The summed E-state index contributed by atoms with van der Waals surface area (Å²) in [5.41, 5.74) is 2.82. The first-order valence-corrected chi connectivity index (χ1v) is 4.82. The van der Waals surface area contributed by atoms with E-state index < -0.39 is 11.1 Å². The van der Waals surface area contributed by atoms with Crippen LogP contribution in [-0.2, 0) is 15.3 Å². The molecule has 1 unspecified atom stereocenters. The lowest BCUT2D eigenvalue weighted by Crippen LogP contribution is -2.13. The van der Waals surface area contributed by atoms with Gasteiger partial charge >= 0.3 is 0 Å². The Kier molecular flexibility index (Phi) is 1.62. The Morgan fingerprint density at radius 1 is 1.30 bits per heavy atom. The fraction of sp³-hybridized carbons (Fsp3) is 0.714. The lowest BCUT2D eigenvalue weighted by Gasteiger charge is -2.12. The Balaban J connectivity index is 2.21. The first-order chi connectivity index (χ1) is 4.86. The summed E-state index contributed by atoms with van der Waals surface area (Å²) in [6.45, 7) is 0.627. The highest BCUT2D eigenvalue weighted by atomic mass is 32.2. The Morgan fingerprint density at radius 2 is 2.10 bits per heavy atom. The maximum absolute atomic E-state index is 10.9. The number of hydrogen-bond donors (Lipinski definition) is 0. The Bertz CT molecular complexity index is 208. The first kappa shape index (κ1) is 6.55. The normalized spacial score (nSPS) is 32.6. The molecule has 0 fully saturated rings. The molecular formula is C7H10O2S. The SMILES string of the molecule is O=S1CC2=C(CCC2)CO1. The smallest absolute Gasteiger partial charge is 0.159 e. The predicted octanol–water partition coefficient (Wildman–Crippen LogP) is 1.16. The quantitative estimate of drug-likeness (QED) is 0.494. The number of hydrogen-bond acceptors (Lipinski definition) is 2. The fourth-order valence-corrected chi connectivity index (χ4v) is 2.53. The molecule has 10 heavy (non-hydrogen) atoms. The molecule has 0 aromatic heterocycles. The van der Waals surface area contributed by atoms with E-state index in [0.717, 1.165) is 6.42 Å². The van der Waals surface area contributed by atoms with E-state index in [4.69, 9.17) is 4.18 Å². The van der Waals surface area contributed by atoms with Crippen molar-refractivity contribution in [1.82, 2.24) is 0 Å². The van der Waals surface area contributed by atoms with E-state index in [2.05, 4.69) is 0 Å². The average molecular weight is 158 g/mol. The zero-order valence-corrected chi connectivity index (χ0v) is 6.58. The van der Waals surface area contributed by atoms with Crippen LogP contribution in [0.25, 0.3) is 0 Å². The molecular weight excluding hydrogens is 148 g/mol. The zero-order chi connectivity index (χ0) is 6.97. The Morgan fingerprint density at radius 3 is 3.00 bits per heavy atom. The van der Waals surface area contributed by atoms with Gasteiger partial charge in [0.05, 0.1) is 12.4 Å². The molecule has 0 N–H and O–H groups in total. The highest BCUT2D eigenvalue weighted by molar-refractivity contribution is 7.80. The van der Waals surface area contributed by atoms with E-state index in [1.165, 1.54) is 24.0 Å². The maximum atomic E-state index is 10.9. The second-order valence-corrected chi connectivity index (χ2v) is 3.90. The topological polar surface area (TPSA) is 26.3 Å². The highest BCUT2D eigenvalue weighted by Crippen LogP contribution is 2.29. The van der Waals surface area contributed by atoms with Gasteiger partial charge in [0.2, 0.25) is 0 Å². The van der Waals surface area contributed by atoms with Gasteiger partial charge in [0, 0.05) is 0 Å². The molecule has 0 aromatic carbocycles. The van der Waals surface area contributed by atoms with E-state index in [1.54, 1.807) is 0 Å². The minimum absolute atomic E-state index is 0.627. The largest absolute Gasteiger partial charge is 0.286 e. The summed E-state index contributed by atoms with van der Waals surface area (Å²) in [7, 11) is 0. The molecule has 0 bridgehead atoms. The molecule has 2 aliphatic rings. The van der Waals surface area contributed by atoms with E-state index in [1.807, 2.05) is 0 Å². The van der Waals surface area contributed by atoms with Crippen molar-refractivity contribution in [2.24, 2.45) is 0 Å². The first-order valence-electron chi connectivity index (χ1n) is 3.57. The third kappa shape index (κ3) is 1.04. The van der Waals surface area contributed by atoms with Crippen molar-refractivity contribution in [2.45, 2.75) is 19.3 Å². The van der Waals surface area contributed by atoms with Crippen molar-refractivity contribution < 1.29 is 8.39 Å². The second kappa shape index (κ2) is 2.47. The molecule has 1 heterocycles. The van der Waals surface area contributed by atoms with Crippen LogP contribution in [0.3, 0.4) is 0 Å². The third-order valence-corrected chi connectivity index (χ3v) is 3.08. The van der Waals surface area contributed by atoms with Crippen molar-refractivity contribution in [3.8, 4) is 0 Å². The van der Waals surface area contributed by atoms with Crippen LogP contribution in [0.1, 0.15) is 19.3 Å². The maximum Gasteiger partial charge on any atom is 0.159 e. The van der Waals surface area contributed by atoms with E-state index in [-0.39, 0.29) is 0 Å². The van der Waals surface area contributed by atoms with Gasteiger partial charge in [0.15, 0.2) is 11.1 Å². The summed E-state index contributed by atoms with van der Waals surface area (Å²) < 4.78 is 15.9. The fourth-order valence-electron chi connectivity index (χ4n) is 1.54. The second-order valence-electron chi connectivity index (χ2n) is 2.77. The van der Waals surface area contributed by atoms with E-state index >= 15 is 0 Å². The standard InChI is InChI=1S/C7H10O2S/c8-10-5-7-3-1-2-6(7)4-9-10/h1-5H2. The molecule has 0 amide bonds. The summed E-state index contributed by atoms with van der Waals surface area (Å²) in [5.74, 6) is 0.676. The van der Waals surface area contributed by atoms with Crippen molar-refractivity contribution in [3.05, 3.63) is 11.1 Å². The molecule has 1 aliphatic heterocycles. The van der Waals surface area contributed by atoms with E-state index in [9.17, 15) is 4.21 Å². The van der Waals surface area contributed by atoms with Gasteiger partial charge in [-0.25, -0.2) is 4.21 Å². The van der Waals surface area contributed by atoms with Gasteiger partial charge in [-0.3, -0.25) is 4.18 Å². The molecule has 0 spiro atoms. The van der Waals surface area contributed by atoms with Crippen LogP contribution in [0.4, 0.5) is 0 Å². The Labute approximate surface area is 62.9 Å². The molecule has 1 aliphatic carbocycles. The minimum atomic E-state index is -1.01. The molecule has 0 saturated heterocycles. The summed E-state index contributed by atoms with van der Waals surface area (Å²) in [6, 6.07) is 0. The van der Waals surface area contributed by atoms with Crippen LogP contribution in [0, 0.1) is 0 Å². The monoisotopic (exact) mass is 158 g/mol. The van der Waals surface area contributed by atoms with E-state index in [0.29, 0.717) is 12.4 Å². The van der Waals surface area contributed by atoms with Gasteiger partial charge in [-0.05, 0) is 24.8 Å². The van der Waals surface area contributed by atoms with Crippen molar-refractivity contribution >= 4 is 11.1 Å².